The van der Waals surface area contributed by atoms with E-state index in [-0.39, 0.29) is 18.1 Å². The molecule has 6 heteroatoms. The number of nitrogens with zero attached hydrogens (tertiary/aromatic N) is 2. The van der Waals surface area contributed by atoms with Crippen LogP contribution >= 0.6 is 11.6 Å². The van der Waals surface area contributed by atoms with Crippen LogP contribution in [-0.4, -0.2) is 67.2 Å². The summed E-state index contributed by atoms with van der Waals surface area (Å²) in [6, 6.07) is 7.44. The van der Waals surface area contributed by atoms with Crippen LogP contribution in [0.15, 0.2) is 24.3 Å². The van der Waals surface area contributed by atoms with Crippen LogP contribution in [0.5, 0.6) is 5.75 Å². The van der Waals surface area contributed by atoms with E-state index in [4.69, 9.17) is 21.1 Å². The molecule has 0 aromatic heterocycles. The third-order valence-corrected chi connectivity index (χ3v) is 5.41. The minimum atomic E-state index is 0.132. The van der Waals surface area contributed by atoms with E-state index in [1.165, 1.54) is 0 Å². The summed E-state index contributed by atoms with van der Waals surface area (Å²) >= 11 is 5.88. The third kappa shape index (κ3) is 5.35. The highest BCUT2D eigenvalue weighted by molar-refractivity contribution is 6.30. The van der Waals surface area contributed by atoms with Gasteiger partial charge in [0.1, 0.15) is 12.4 Å². The van der Waals surface area contributed by atoms with Gasteiger partial charge in [-0.2, -0.15) is 0 Å². The first kappa shape index (κ1) is 19.5. The maximum Gasteiger partial charge on any atom is 0.225 e. The van der Waals surface area contributed by atoms with Gasteiger partial charge in [-0.15, -0.1) is 0 Å². The minimum absolute atomic E-state index is 0.132. The highest BCUT2D eigenvalue weighted by Crippen LogP contribution is 2.22. The van der Waals surface area contributed by atoms with E-state index >= 15 is 0 Å². The van der Waals surface area contributed by atoms with Crippen molar-refractivity contribution < 1.29 is 14.3 Å². The normalized spacial score (nSPS) is 25.3. The van der Waals surface area contributed by atoms with E-state index in [0.717, 1.165) is 51.3 Å². The molecule has 3 rings (SSSR count). The monoisotopic (exact) mass is 380 g/mol. The van der Waals surface area contributed by atoms with Crippen LogP contribution in [0.25, 0.3) is 0 Å². The van der Waals surface area contributed by atoms with Crippen LogP contribution in [0.2, 0.25) is 5.02 Å². The van der Waals surface area contributed by atoms with Crippen LogP contribution in [0, 0.1) is 5.92 Å². The van der Waals surface area contributed by atoms with Crippen LogP contribution < -0.4 is 4.74 Å². The molecule has 1 aromatic rings. The first-order valence-electron chi connectivity index (χ1n) is 9.56. The number of morpholine rings is 1. The first-order valence-corrected chi connectivity index (χ1v) is 9.94. The van der Waals surface area contributed by atoms with Crippen molar-refractivity contribution in [2.45, 2.75) is 38.9 Å². The number of ether oxygens (including phenoxy) is 2. The average Bonchev–Trinajstić information content (AvgIpc) is 2.62. The Labute approximate surface area is 161 Å². The van der Waals surface area contributed by atoms with E-state index < -0.39 is 0 Å². The number of halogens is 1. The van der Waals surface area contributed by atoms with E-state index in [2.05, 4.69) is 4.90 Å². The van der Waals surface area contributed by atoms with Crippen molar-refractivity contribution in [2.24, 2.45) is 5.92 Å². The Morgan fingerprint density at radius 3 is 2.38 bits per heavy atom. The number of carbonyl (C=O) groups excluding carboxylic acids is 1. The number of amides is 1. The molecule has 0 saturated carbocycles. The lowest BCUT2D eigenvalue weighted by molar-refractivity contribution is -0.148. The molecule has 0 aliphatic carbocycles. The van der Waals surface area contributed by atoms with E-state index in [9.17, 15) is 4.79 Å². The molecule has 26 heavy (non-hydrogen) atoms. The lowest BCUT2D eigenvalue weighted by atomic mass is 9.94. The van der Waals surface area contributed by atoms with Gasteiger partial charge in [0.2, 0.25) is 5.91 Å². The molecule has 2 unspecified atom stereocenters. The Hall–Kier alpha value is -1.30. The fraction of sp³-hybridized carbons (Fsp3) is 0.650. The largest absolute Gasteiger partial charge is 0.492 e. The van der Waals surface area contributed by atoms with Crippen molar-refractivity contribution in [2.75, 3.05) is 39.3 Å². The zero-order valence-electron chi connectivity index (χ0n) is 15.7. The molecule has 2 aliphatic heterocycles. The van der Waals surface area contributed by atoms with E-state index in [1.54, 1.807) is 0 Å². The molecular formula is C20H29ClN2O3. The topological polar surface area (TPSA) is 42.0 Å². The maximum atomic E-state index is 12.8. The molecule has 0 radical (unpaired) electrons. The number of piperidine rings is 1. The summed E-state index contributed by atoms with van der Waals surface area (Å²) in [6.45, 7) is 8.97. The number of rotatable bonds is 5. The standard InChI is InChI=1S/C20H29ClN2O3/c1-15-13-23(14-16(2)26-15)20(24)17-7-9-22(10-8-17)11-12-25-19-5-3-18(21)4-6-19/h3-6,15-17H,7-14H2,1-2H3. The Morgan fingerprint density at radius 1 is 1.15 bits per heavy atom. The summed E-state index contributed by atoms with van der Waals surface area (Å²) in [5.74, 6) is 1.31. The van der Waals surface area contributed by atoms with Crippen LogP contribution in [-0.2, 0) is 9.53 Å². The Morgan fingerprint density at radius 2 is 1.77 bits per heavy atom. The van der Waals surface area contributed by atoms with Crippen molar-refractivity contribution in [3.05, 3.63) is 29.3 Å². The van der Waals surface area contributed by atoms with Gasteiger partial charge in [-0.3, -0.25) is 9.69 Å². The molecule has 2 heterocycles. The lowest BCUT2D eigenvalue weighted by Crippen LogP contribution is -2.51. The average molecular weight is 381 g/mol. The molecule has 2 fully saturated rings. The Kier molecular flexibility index (Phi) is 6.79. The van der Waals surface area contributed by atoms with Crippen molar-refractivity contribution in [1.29, 1.82) is 0 Å². The molecule has 144 valence electrons. The maximum absolute atomic E-state index is 12.8. The van der Waals surface area contributed by atoms with Gasteiger partial charge in [-0.05, 0) is 64.0 Å². The predicted octanol–water partition coefficient (Wildman–Crippen LogP) is 3.07. The van der Waals surface area contributed by atoms with E-state index in [0.29, 0.717) is 17.5 Å². The van der Waals surface area contributed by atoms with Gasteiger partial charge in [0, 0.05) is 30.6 Å². The SMILES string of the molecule is CC1CN(C(=O)C2CCN(CCOc3ccc(Cl)cc3)CC2)CC(C)O1. The van der Waals surface area contributed by atoms with Crippen molar-refractivity contribution in [3.8, 4) is 5.75 Å². The highest BCUT2D eigenvalue weighted by Gasteiger charge is 2.32. The molecule has 0 spiro atoms. The molecular weight excluding hydrogens is 352 g/mol. The van der Waals surface area contributed by atoms with Gasteiger partial charge in [-0.25, -0.2) is 0 Å². The predicted molar refractivity (Wildman–Crippen MR) is 103 cm³/mol. The number of benzene rings is 1. The second-order valence-electron chi connectivity index (χ2n) is 7.42. The zero-order chi connectivity index (χ0) is 18.5. The minimum Gasteiger partial charge on any atom is -0.492 e. The lowest BCUT2D eigenvalue weighted by Gasteiger charge is -2.39. The Balaban J connectivity index is 1.38. The second-order valence-corrected chi connectivity index (χ2v) is 7.86. The first-order chi connectivity index (χ1) is 12.5. The summed E-state index contributed by atoms with van der Waals surface area (Å²) in [4.78, 5) is 17.2. The van der Waals surface area contributed by atoms with Crippen LogP contribution in [0.4, 0.5) is 0 Å². The molecule has 0 N–H and O–H groups in total. The molecule has 2 atom stereocenters. The van der Waals surface area contributed by atoms with Crippen molar-refractivity contribution >= 4 is 17.5 Å². The molecule has 1 amide bonds. The number of carbonyl (C=O) groups is 1. The van der Waals surface area contributed by atoms with Crippen molar-refractivity contribution in [1.82, 2.24) is 9.80 Å². The van der Waals surface area contributed by atoms with E-state index in [1.807, 2.05) is 43.0 Å². The summed E-state index contributed by atoms with van der Waals surface area (Å²) in [5, 5.41) is 0.716. The number of hydrogen-bond acceptors (Lipinski definition) is 4. The summed E-state index contributed by atoms with van der Waals surface area (Å²) in [5.41, 5.74) is 0. The van der Waals surface area contributed by atoms with Gasteiger partial charge in [0.25, 0.3) is 0 Å². The molecule has 1 aromatic carbocycles. The summed E-state index contributed by atoms with van der Waals surface area (Å²) < 4.78 is 11.5. The quantitative estimate of drug-likeness (QED) is 0.787. The summed E-state index contributed by atoms with van der Waals surface area (Å²) in [6.07, 6.45) is 2.13. The van der Waals surface area contributed by atoms with Gasteiger partial charge in [0.05, 0.1) is 12.2 Å². The Bertz CT molecular complexity index is 577. The zero-order valence-corrected chi connectivity index (χ0v) is 16.5. The molecule has 2 aliphatic rings. The summed E-state index contributed by atoms with van der Waals surface area (Å²) in [7, 11) is 0. The fourth-order valence-electron chi connectivity index (χ4n) is 3.84. The van der Waals surface area contributed by atoms with Gasteiger partial charge >= 0.3 is 0 Å². The fourth-order valence-corrected chi connectivity index (χ4v) is 3.97. The number of hydrogen-bond donors (Lipinski definition) is 0. The van der Waals surface area contributed by atoms with Crippen molar-refractivity contribution in [3.63, 3.8) is 0 Å². The smallest absolute Gasteiger partial charge is 0.225 e. The van der Waals surface area contributed by atoms with Crippen LogP contribution in [0.3, 0.4) is 0 Å². The number of likely N-dealkylation sites (tertiary alicyclic amines) is 1. The van der Waals surface area contributed by atoms with Gasteiger partial charge < -0.3 is 14.4 Å². The highest BCUT2D eigenvalue weighted by atomic mass is 35.5. The van der Waals surface area contributed by atoms with Crippen LogP contribution in [0.1, 0.15) is 26.7 Å². The molecule has 0 bridgehead atoms. The van der Waals surface area contributed by atoms with Gasteiger partial charge in [-0.1, -0.05) is 11.6 Å². The third-order valence-electron chi connectivity index (χ3n) is 5.16. The van der Waals surface area contributed by atoms with Gasteiger partial charge in [0.15, 0.2) is 0 Å². The second kappa shape index (κ2) is 9.07. The molecule has 2 saturated heterocycles. The molecule has 5 nitrogen and oxygen atoms in total.